The highest BCUT2D eigenvalue weighted by atomic mass is 35.5. The molecule has 0 spiro atoms. The summed E-state index contributed by atoms with van der Waals surface area (Å²) in [6, 6.07) is 0. The molecule has 5 nitrogen and oxygen atoms in total. The van der Waals surface area contributed by atoms with Crippen LogP contribution in [0.3, 0.4) is 0 Å². The van der Waals surface area contributed by atoms with Crippen LogP contribution in [0.25, 0.3) is 0 Å². The molecule has 0 aromatic carbocycles. The lowest BCUT2D eigenvalue weighted by molar-refractivity contribution is 0.960. The topological polar surface area (TPSA) is 63.6 Å². The molecule has 0 aliphatic carbocycles. The molecule has 0 fully saturated rings. The largest absolute Gasteiger partial charge is 0.362 e. The van der Waals surface area contributed by atoms with E-state index in [9.17, 15) is 0 Å². The molecule has 0 saturated carbocycles. The second-order valence-electron chi connectivity index (χ2n) is 2.54. The first-order valence-electron chi connectivity index (χ1n) is 3.92. The van der Waals surface area contributed by atoms with Gasteiger partial charge in [-0.2, -0.15) is 4.98 Å². The first-order valence-corrected chi connectivity index (χ1v) is 5.56. The minimum Gasteiger partial charge on any atom is -0.362 e. The lowest BCUT2D eigenvalue weighted by Crippen LogP contribution is -2.03. The SMILES string of the molecule is Clc1nnc(Cl)c(NCc2cncs2)n1. The number of anilines is 1. The number of thiazole rings is 1. The van der Waals surface area contributed by atoms with Crippen LogP contribution in [0.4, 0.5) is 5.82 Å². The van der Waals surface area contributed by atoms with Crippen LogP contribution in [0, 0.1) is 0 Å². The zero-order chi connectivity index (χ0) is 10.7. The summed E-state index contributed by atoms with van der Waals surface area (Å²) in [5.74, 6) is 0.421. The van der Waals surface area contributed by atoms with Gasteiger partial charge >= 0.3 is 0 Å². The van der Waals surface area contributed by atoms with Gasteiger partial charge in [0.2, 0.25) is 5.28 Å². The van der Waals surface area contributed by atoms with Crippen molar-refractivity contribution in [3.8, 4) is 0 Å². The number of aromatic nitrogens is 4. The van der Waals surface area contributed by atoms with Gasteiger partial charge in [0.05, 0.1) is 12.1 Å². The Morgan fingerprint density at radius 3 is 2.93 bits per heavy atom. The Kier molecular flexibility index (Phi) is 3.30. The Balaban J connectivity index is 2.07. The summed E-state index contributed by atoms with van der Waals surface area (Å²) in [5.41, 5.74) is 1.75. The number of hydrogen-bond donors (Lipinski definition) is 1. The summed E-state index contributed by atoms with van der Waals surface area (Å²) in [6.45, 7) is 0.583. The fourth-order valence-corrected chi connectivity index (χ4v) is 1.71. The number of hydrogen-bond acceptors (Lipinski definition) is 6. The summed E-state index contributed by atoms with van der Waals surface area (Å²) < 4.78 is 0. The normalized spacial score (nSPS) is 10.3. The molecule has 2 aromatic heterocycles. The molecular weight excluding hydrogens is 257 g/mol. The van der Waals surface area contributed by atoms with Crippen LogP contribution in [0.15, 0.2) is 11.7 Å². The maximum atomic E-state index is 5.77. The van der Waals surface area contributed by atoms with Crippen molar-refractivity contribution in [3.63, 3.8) is 0 Å². The molecule has 0 amide bonds. The van der Waals surface area contributed by atoms with Gasteiger partial charge in [-0.15, -0.1) is 21.5 Å². The van der Waals surface area contributed by atoms with E-state index in [1.807, 2.05) is 0 Å². The van der Waals surface area contributed by atoms with Crippen LogP contribution in [0.5, 0.6) is 0 Å². The fraction of sp³-hybridized carbons (Fsp3) is 0.143. The van der Waals surface area contributed by atoms with Crippen molar-refractivity contribution in [3.05, 3.63) is 27.0 Å². The molecule has 0 aliphatic rings. The predicted molar refractivity (Wildman–Crippen MR) is 59.3 cm³/mol. The number of halogens is 2. The van der Waals surface area contributed by atoms with Crippen molar-refractivity contribution in [2.24, 2.45) is 0 Å². The van der Waals surface area contributed by atoms with E-state index in [0.29, 0.717) is 12.4 Å². The minimum absolute atomic E-state index is 0.0613. The number of nitrogens with zero attached hydrogens (tertiary/aromatic N) is 4. The molecule has 2 heterocycles. The van der Waals surface area contributed by atoms with Gasteiger partial charge in [-0.1, -0.05) is 11.6 Å². The lowest BCUT2D eigenvalue weighted by Gasteiger charge is -2.03. The summed E-state index contributed by atoms with van der Waals surface area (Å²) in [6.07, 6.45) is 1.77. The van der Waals surface area contributed by atoms with E-state index >= 15 is 0 Å². The summed E-state index contributed by atoms with van der Waals surface area (Å²) in [5, 5.41) is 10.4. The second kappa shape index (κ2) is 4.69. The molecule has 0 saturated heterocycles. The zero-order valence-electron chi connectivity index (χ0n) is 7.31. The molecule has 15 heavy (non-hydrogen) atoms. The van der Waals surface area contributed by atoms with E-state index in [-0.39, 0.29) is 10.4 Å². The molecule has 0 unspecified atom stereocenters. The predicted octanol–water partition coefficient (Wildman–Crippen LogP) is 2.25. The third-order valence-corrected chi connectivity index (χ3v) is 2.73. The highest BCUT2D eigenvalue weighted by Gasteiger charge is 2.05. The molecular formula is C7H5Cl2N5S. The first-order chi connectivity index (χ1) is 7.25. The van der Waals surface area contributed by atoms with Gasteiger partial charge in [-0.05, 0) is 11.6 Å². The second-order valence-corrected chi connectivity index (χ2v) is 4.21. The van der Waals surface area contributed by atoms with Crippen molar-refractivity contribution >= 4 is 40.4 Å². The molecule has 78 valence electrons. The summed E-state index contributed by atoms with van der Waals surface area (Å²) in [4.78, 5) is 8.92. The highest BCUT2D eigenvalue weighted by molar-refractivity contribution is 7.09. The monoisotopic (exact) mass is 261 g/mol. The van der Waals surface area contributed by atoms with E-state index < -0.39 is 0 Å². The standard InChI is InChI=1S/C7H5Cl2N5S/c8-5-6(12-7(9)14-13-5)11-2-4-1-10-3-15-4/h1,3H,2H2,(H,11,12,14). The average molecular weight is 262 g/mol. The smallest absolute Gasteiger partial charge is 0.245 e. The van der Waals surface area contributed by atoms with Gasteiger partial charge < -0.3 is 5.32 Å². The molecule has 0 aliphatic heterocycles. The maximum Gasteiger partial charge on any atom is 0.245 e. The van der Waals surface area contributed by atoms with E-state index in [0.717, 1.165) is 4.88 Å². The molecule has 0 atom stereocenters. The van der Waals surface area contributed by atoms with E-state index in [1.54, 1.807) is 11.7 Å². The Morgan fingerprint density at radius 2 is 2.20 bits per heavy atom. The molecule has 2 aromatic rings. The number of nitrogens with one attached hydrogen (secondary N) is 1. The molecule has 2 rings (SSSR count). The zero-order valence-corrected chi connectivity index (χ0v) is 9.64. The third kappa shape index (κ3) is 2.74. The average Bonchev–Trinajstić information content (AvgIpc) is 2.72. The van der Waals surface area contributed by atoms with Crippen LogP contribution in [-0.4, -0.2) is 20.2 Å². The van der Waals surface area contributed by atoms with Crippen molar-refractivity contribution in [2.45, 2.75) is 6.54 Å². The Labute approximate surface area is 99.5 Å². The first kappa shape index (κ1) is 10.5. The Bertz CT molecular complexity index is 447. The van der Waals surface area contributed by atoms with E-state index in [1.165, 1.54) is 11.3 Å². The van der Waals surface area contributed by atoms with Crippen molar-refractivity contribution in [1.29, 1.82) is 0 Å². The fourth-order valence-electron chi connectivity index (χ4n) is 0.906. The van der Waals surface area contributed by atoms with Gasteiger partial charge in [0.1, 0.15) is 0 Å². The van der Waals surface area contributed by atoms with Crippen LogP contribution in [0.1, 0.15) is 4.88 Å². The van der Waals surface area contributed by atoms with Gasteiger partial charge in [-0.3, -0.25) is 4.98 Å². The molecule has 8 heteroatoms. The molecule has 1 N–H and O–H groups in total. The van der Waals surface area contributed by atoms with Gasteiger partial charge in [0.25, 0.3) is 0 Å². The van der Waals surface area contributed by atoms with Crippen molar-refractivity contribution in [2.75, 3.05) is 5.32 Å². The van der Waals surface area contributed by atoms with Crippen LogP contribution >= 0.6 is 34.5 Å². The quantitative estimate of drug-likeness (QED) is 0.919. The van der Waals surface area contributed by atoms with E-state index in [4.69, 9.17) is 23.2 Å². The van der Waals surface area contributed by atoms with Crippen LogP contribution < -0.4 is 5.32 Å². The van der Waals surface area contributed by atoms with Crippen molar-refractivity contribution < 1.29 is 0 Å². The maximum absolute atomic E-state index is 5.77. The molecule has 0 bridgehead atoms. The van der Waals surface area contributed by atoms with Crippen LogP contribution in [-0.2, 0) is 6.54 Å². The van der Waals surface area contributed by atoms with E-state index in [2.05, 4.69) is 25.5 Å². The summed E-state index contributed by atoms with van der Waals surface area (Å²) in [7, 11) is 0. The summed E-state index contributed by atoms with van der Waals surface area (Å²) >= 11 is 12.9. The van der Waals surface area contributed by atoms with Gasteiger partial charge in [0.15, 0.2) is 11.0 Å². The van der Waals surface area contributed by atoms with Crippen LogP contribution in [0.2, 0.25) is 10.4 Å². The third-order valence-electron chi connectivity index (χ3n) is 1.53. The lowest BCUT2D eigenvalue weighted by atomic mass is 10.5. The van der Waals surface area contributed by atoms with Gasteiger partial charge in [-0.25, -0.2) is 0 Å². The Morgan fingerprint density at radius 1 is 1.33 bits per heavy atom. The Hall–Kier alpha value is -0.980. The highest BCUT2D eigenvalue weighted by Crippen LogP contribution is 2.18. The molecule has 0 radical (unpaired) electrons. The minimum atomic E-state index is 0.0613. The number of rotatable bonds is 3. The van der Waals surface area contributed by atoms with Gasteiger partial charge in [0, 0.05) is 11.1 Å². The van der Waals surface area contributed by atoms with Crippen molar-refractivity contribution in [1.82, 2.24) is 20.2 Å².